The smallest absolute Gasteiger partial charge is 0.132 e. The largest absolute Gasteiger partial charge is 0.381 e. The summed E-state index contributed by atoms with van der Waals surface area (Å²) in [6.07, 6.45) is 6.79. The van der Waals surface area contributed by atoms with Gasteiger partial charge in [0.1, 0.15) is 5.82 Å². The summed E-state index contributed by atoms with van der Waals surface area (Å²) < 4.78 is 0. The van der Waals surface area contributed by atoms with Gasteiger partial charge in [-0.1, -0.05) is 36.6 Å². The molecule has 2 aromatic rings. The Balaban J connectivity index is 2.00. The Bertz CT molecular complexity index is 638. The van der Waals surface area contributed by atoms with E-state index in [2.05, 4.69) is 10.3 Å². The Labute approximate surface area is 136 Å². The first-order valence-corrected chi connectivity index (χ1v) is 8.22. The standard InChI is InChI=1S/C17H21ClN4/c18-14-7-3-6-13(10-14)16-15(20-9-8-19)11-21-17(22-16)12-4-1-2-5-12/h3,6-7,10-12,20H,1-2,4-5,8-9,19H2. The van der Waals surface area contributed by atoms with Crippen LogP contribution in [0.4, 0.5) is 5.69 Å². The van der Waals surface area contributed by atoms with Gasteiger partial charge in [-0.05, 0) is 25.0 Å². The molecule has 4 nitrogen and oxygen atoms in total. The number of aromatic nitrogens is 2. The van der Waals surface area contributed by atoms with Crippen LogP contribution < -0.4 is 11.1 Å². The highest BCUT2D eigenvalue weighted by molar-refractivity contribution is 6.30. The molecule has 1 aliphatic carbocycles. The molecule has 0 bridgehead atoms. The van der Waals surface area contributed by atoms with Gasteiger partial charge in [-0.15, -0.1) is 0 Å². The third-order valence-corrected chi connectivity index (χ3v) is 4.32. The van der Waals surface area contributed by atoms with Crippen LogP contribution >= 0.6 is 11.6 Å². The maximum absolute atomic E-state index is 6.13. The first-order chi connectivity index (χ1) is 10.8. The lowest BCUT2D eigenvalue weighted by Gasteiger charge is -2.14. The van der Waals surface area contributed by atoms with Crippen LogP contribution in [0.2, 0.25) is 5.02 Å². The number of halogens is 1. The van der Waals surface area contributed by atoms with Gasteiger partial charge >= 0.3 is 0 Å². The van der Waals surface area contributed by atoms with Crippen molar-refractivity contribution >= 4 is 17.3 Å². The second-order valence-corrected chi connectivity index (χ2v) is 6.13. The van der Waals surface area contributed by atoms with Gasteiger partial charge in [0.05, 0.1) is 17.6 Å². The minimum absolute atomic E-state index is 0.487. The molecule has 0 amide bonds. The molecular weight excluding hydrogens is 296 g/mol. The van der Waals surface area contributed by atoms with E-state index in [1.807, 2.05) is 30.5 Å². The van der Waals surface area contributed by atoms with E-state index in [1.54, 1.807) is 0 Å². The summed E-state index contributed by atoms with van der Waals surface area (Å²) in [6, 6.07) is 7.79. The maximum Gasteiger partial charge on any atom is 0.132 e. The van der Waals surface area contributed by atoms with E-state index in [0.29, 0.717) is 24.0 Å². The van der Waals surface area contributed by atoms with Gasteiger partial charge in [-0.25, -0.2) is 9.97 Å². The van der Waals surface area contributed by atoms with Crippen molar-refractivity contribution in [3.05, 3.63) is 41.3 Å². The fraction of sp³-hybridized carbons (Fsp3) is 0.412. The second kappa shape index (κ2) is 7.07. The van der Waals surface area contributed by atoms with Gasteiger partial charge in [0.25, 0.3) is 0 Å². The van der Waals surface area contributed by atoms with Gasteiger partial charge in [0, 0.05) is 29.6 Å². The van der Waals surface area contributed by atoms with Gasteiger partial charge in [0.15, 0.2) is 0 Å². The van der Waals surface area contributed by atoms with Crippen molar-refractivity contribution in [1.29, 1.82) is 0 Å². The monoisotopic (exact) mass is 316 g/mol. The number of benzene rings is 1. The summed E-state index contributed by atoms with van der Waals surface area (Å²) in [6.45, 7) is 1.26. The van der Waals surface area contributed by atoms with Crippen molar-refractivity contribution in [3.63, 3.8) is 0 Å². The zero-order chi connectivity index (χ0) is 15.4. The number of anilines is 1. The molecule has 0 aliphatic heterocycles. The van der Waals surface area contributed by atoms with Crippen LogP contribution in [0.25, 0.3) is 11.3 Å². The highest BCUT2D eigenvalue weighted by atomic mass is 35.5. The minimum Gasteiger partial charge on any atom is -0.381 e. The molecule has 116 valence electrons. The first-order valence-electron chi connectivity index (χ1n) is 7.85. The third-order valence-electron chi connectivity index (χ3n) is 4.09. The van der Waals surface area contributed by atoms with E-state index in [9.17, 15) is 0 Å². The lowest BCUT2D eigenvalue weighted by atomic mass is 10.1. The van der Waals surface area contributed by atoms with Gasteiger partial charge in [0.2, 0.25) is 0 Å². The van der Waals surface area contributed by atoms with Crippen LogP contribution in [0.15, 0.2) is 30.5 Å². The summed E-state index contributed by atoms with van der Waals surface area (Å²) >= 11 is 6.13. The topological polar surface area (TPSA) is 63.8 Å². The molecule has 1 aromatic heterocycles. The highest BCUT2D eigenvalue weighted by Crippen LogP contribution is 2.35. The SMILES string of the molecule is NCCNc1cnc(C2CCCC2)nc1-c1cccc(Cl)c1. The Kier molecular flexibility index (Phi) is 4.90. The van der Waals surface area contributed by atoms with Crippen molar-refractivity contribution in [2.45, 2.75) is 31.6 Å². The quantitative estimate of drug-likeness (QED) is 0.880. The summed E-state index contributed by atoms with van der Waals surface area (Å²) in [4.78, 5) is 9.42. The molecule has 0 atom stereocenters. The van der Waals surface area contributed by atoms with E-state index in [-0.39, 0.29) is 0 Å². The molecule has 1 saturated carbocycles. The Morgan fingerprint density at radius 2 is 2.09 bits per heavy atom. The summed E-state index contributed by atoms with van der Waals surface area (Å²) in [7, 11) is 0. The first kappa shape index (κ1) is 15.3. The van der Waals surface area contributed by atoms with Crippen molar-refractivity contribution < 1.29 is 0 Å². The number of nitrogens with one attached hydrogen (secondary N) is 1. The van der Waals surface area contributed by atoms with Crippen LogP contribution in [0, 0.1) is 0 Å². The molecule has 1 aromatic carbocycles. The van der Waals surface area contributed by atoms with Gasteiger partial charge < -0.3 is 11.1 Å². The van der Waals surface area contributed by atoms with Crippen LogP contribution in [-0.4, -0.2) is 23.1 Å². The van der Waals surface area contributed by atoms with E-state index in [1.165, 1.54) is 25.7 Å². The lowest BCUT2D eigenvalue weighted by Crippen LogP contribution is -2.15. The number of hydrogen-bond acceptors (Lipinski definition) is 4. The summed E-state index contributed by atoms with van der Waals surface area (Å²) in [5, 5.41) is 4.02. The molecule has 0 radical (unpaired) electrons. The molecule has 1 heterocycles. The van der Waals surface area contributed by atoms with E-state index >= 15 is 0 Å². The van der Waals surface area contributed by atoms with Crippen molar-refractivity contribution in [1.82, 2.24) is 9.97 Å². The third kappa shape index (κ3) is 3.39. The molecule has 1 fully saturated rings. The van der Waals surface area contributed by atoms with Crippen molar-refractivity contribution in [2.24, 2.45) is 5.73 Å². The minimum atomic E-state index is 0.487. The fourth-order valence-corrected chi connectivity index (χ4v) is 3.16. The number of nitrogens with two attached hydrogens (primary N) is 1. The number of hydrogen-bond donors (Lipinski definition) is 2. The van der Waals surface area contributed by atoms with Crippen LogP contribution in [0.5, 0.6) is 0 Å². The molecule has 1 aliphatic rings. The van der Waals surface area contributed by atoms with Gasteiger partial charge in [-0.3, -0.25) is 0 Å². The zero-order valence-electron chi connectivity index (χ0n) is 12.6. The molecular formula is C17H21ClN4. The van der Waals surface area contributed by atoms with E-state index in [4.69, 9.17) is 22.3 Å². The predicted molar refractivity (Wildman–Crippen MR) is 91.2 cm³/mol. The Morgan fingerprint density at radius 1 is 1.27 bits per heavy atom. The molecule has 5 heteroatoms. The second-order valence-electron chi connectivity index (χ2n) is 5.70. The lowest BCUT2D eigenvalue weighted by molar-refractivity contribution is 0.669. The average Bonchev–Trinajstić information content (AvgIpc) is 3.07. The molecule has 3 rings (SSSR count). The molecule has 0 spiro atoms. The molecule has 0 unspecified atom stereocenters. The van der Waals surface area contributed by atoms with Gasteiger partial charge in [-0.2, -0.15) is 0 Å². The summed E-state index contributed by atoms with van der Waals surface area (Å²) in [5.74, 6) is 1.44. The molecule has 0 saturated heterocycles. The average molecular weight is 317 g/mol. The van der Waals surface area contributed by atoms with Crippen LogP contribution in [0.3, 0.4) is 0 Å². The Hall–Kier alpha value is -1.65. The Morgan fingerprint density at radius 3 is 2.82 bits per heavy atom. The van der Waals surface area contributed by atoms with E-state index < -0.39 is 0 Å². The number of nitrogens with zero attached hydrogens (tertiary/aromatic N) is 2. The van der Waals surface area contributed by atoms with Crippen molar-refractivity contribution in [2.75, 3.05) is 18.4 Å². The maximum atomic E-state index is 6.13. The summed E-state index contributed by atoms with van der Waals surface area (Å²) in [5.41, 5.74) is 8.42. The molecule has 22 heavy (non-hydrogen) atoms. The van der Waals surface area contributed by atoms with E-state index in [0.717, 1.165) is 22.8 Å². The van der Waals surface area contributed by atoms with Crippen LogP contribution in [0.1, 0.15) is 37.4 Å². The highest BCUT2D eigenvalue weighted by Gasteiger charge is 2.21. The molecule has 3 N–H and O–H groups in total. The normalized spacial score (nSPS) is 15.2. The fourth-order valence-electron chi connectivity index (χ4n) is 2.97. The number of rotatable bonds is 5. The van der Waals surface area contributed by atoms with Crippen LogP contribution in [-0.2, 0) is 0 Å². The van der Waals surface area contributed by atoms with Crippen molar-refractivity contribution in [3.8, 4) is 11.3 Å². The predicted octanol–water partition coefficient (Wildman–Crippen LogP) is 3.83. The zero-order valence-corrected chi connectivity index (χ0v) is 13.3.